The molecule has 1 aromatic carbocycles. The summed E-state index contributed by atoms with van der Waals surface area (Å²) in [6.07, 6.45) is 0.777. The molecule has 10 heteroatoms. The number of aromatic nitrogens is 4. The molecule has 3 rings (SSSR count). The van der Waals surface area contributed by atoms with Gasteiger partial charge in [0.1, 0.15) is 5.00 Å². The van der Waals surface area contributed by atoms with Crippen molar-refractivity contribution in [2.45, 2.75) is 32.3 Å². The number of hydrogen-bond donors (Lipinski definition) is 1. The van der Waals surface area contributed by atoms with E-state index < -0.39 is 5.97 Å². The number of nitrogens with zero attached hydrogens (tertiary/aromatic N) is 4. The Morgan fingerprint density at radius 2 is 2.00 bits per heavy atom. The van der Waals surface area contributed by atoms with Crippen LogP contribution < -0.4 is 5.32 Å². The lowest BCUT2D eigenvalue weighted by Crippen LogP contribution is -2.16. The number of thioether (sulfide) groups is 1. The normalized spacial score (nSPS) is 10.7. The number of aryl methyl sites for hydroxylation is 1. The van der Waals surface area contributed by atoms with Gasteiger partial charge in [-0.15, -0.1) is 16.4 Å². The molecule has 0 saturated heterocycles. The van der Waals surface area contributed by atoms with Gasteiger partial charge in [0.05, 0.1) is 23.6 Å². The van der Waals surface area contributed by atoms with Gasteiger partial charge in [-0.2, -0.15) is 4.68 Å². The van der Waals surface area contributed by atoms with Crippen molar-refractivity contribution in [3.8, 4) is 5.69 Å². The Bertz CT molecular complexity index is 1000. The van der Waals surface area contributed by atoms with Crippen LogP contribution in [-0.2, 0) is 16.0 Å². The SMILES string of the molecule is CCOC(=O)c1c(NC(=O)CSc2nnnn2-c2ccccc2)sc(CC)c1C. The van der Waals surface area contributed by atoms with Crippen LogP contribution in [0.2, 0.25) is 0 Å². The average Bonchev–Trinajstić information content (AvgIpc) is 3.31. The van der Waals surface area contributed by atoms with E-state index in [-0.39, 0.29) is 18.3 Å². The molecule has 29 heavy (non-hydrogen) atoms. The number of esters is 1. The van der Waals surface area contributed by atoms with Gasteiger partial charge >= 0.3 is 5.97 Å². The van der Waals surface area contributed by atoms with Gasteiger partial charge in [-0.05, 0) is 48.4 Å². The van der Waals surface area contributed by atoms with Gasteiger partial charge in [0.15, 0.2) is 0 Å². The van der Waals surface area contributed by atoms with E-state index in [4.69, 9.17) is 4.74 Å². The summed E-state index contributed by atoms with van der Waals surface area (Å²) >= 11 is 2.62. The lowest BCUT2D eigenvalue weighted by Gasteiger charge is -2.07. The van der Waals surface area contributed by atoms with Crippen molar-refractivity contribution < 1.29 is 14.3 Å². The third-order valence-electron chi connectivity index (χ3n) is 4.07. The fourth-order valence-corrected chi connectivity index (χ4v) is 4.57. The van der Waals surface area contributed by atoms with E-state index >= 15 is 0 Å². The number of thiophene rings is 1. The van der Waals surface area contributed by atoms with Crippen LogP contribution in [-0.4, -0.2) is 44.4 Å². The second kappa shape index (κ2) is 9.66. The minimum atomic E-state index is -0.420. The molecule has 0 aliphatic carbocycles. The van der Waals surface area contributed by atoms with Crippen LogP contribution in [0.15, 0.2) is 35.5 Å². The van der Waals surface area contributed by atoms with Crippen LogP contribution in [0.25, 0.3) is 5.69 Å². The molecule has 8 nitrogen and oxygen atoms in total. The number of benzene rings is 1. The first-order valence-electron chi connectivity index (χ1n) is 9.10. The van der Waals surface area contributed by atoms with Gasteiger partial charge in [-0.3, -0.25) is 4.79 Å². The highest BCUT2D eigenvalue weighted by molar-refractivity contribution is 7.99. The quantitative estimate of drug-likeness (QED) is 0.430. The largest absolute Gasteiger partial charge is 0.462 e. The zero-order valence-electron chi connectivity index (χ0n) is 16.3. The molecule has 0 aliphatic heterocycles. The Morgan fingerprint density at radius 3 is 2.69 bits per heavy atom. The summed E-state index contributed by atoms with van der Waals surface area (Å²) in [5.74, 6) is -0.558. The minimum absolute atomic E-state index is 0.105. The number of hydrogen-bond acceptors (Lipinski definition) is 8. The lowest BCUT2D eigenvalue weighted by molar-refractivity contribution is -0.113. The van der Waals surface area contributed by atoms with Crippen LogP contribution in [0.4, 0.5) is 5.00 Å². The molecule has 0 spiro atoms. The summed E-state index contributed by atoms with van der Waals surface area (Å²) in [6, 6.07) is 9.45. The molecule has 0 unspecified atom stereocenters. The fourth-order valence-electron chi connectivity index (χ4n) is 2.73. The highest BCUT2D eigenvalue weighted by Crippen LogP contribution is 2.34. The summed E-state index contributed by atoms with van der Waals surface area (Å²) in [7, 11) is 0. The molecule has 0 atom stereocenters. The second-order valence-electron chi connectivity index (χ2n) is 5.97. The van der Waals surface area contributed by atoms with Crippen molar-refractivity contribution in [2.24, 2.45) is 0 Å². The van der Waals surface area contributed by atoms with Crippen LogP contribution >= 0.6 is 23.1 Å². The Kier molecular flexibility index (Phi) is 6.99. The highest BCUT2D eigenvalue weighted by atomic mass is 32.2. The lowest BCUT2D eigenvalue weighted by atomic mass is 10.1. The van der Waals surface area contributed by atoms with Crippen molar-refractivity contribution in [3.63, 3.8) is 0 Å². The second-order valence-corrected chi connectivity index (χ2v) is 8.02. The van der Waals surface area contributed by atoms with Crippen LogP contribution in [0, 0.1) is 6.92 Å². The van der Waals surface area contributed by atoms with E-state index in [9.17, 15) is 9.59 Å². The Morgan fingerprint density at radius 1 is 1.24 bits per heavy atom. The number of amides is 1. The molecule has 2 aromatic heterocycles. The predicted octanol–water partition coefficient (Wildman–Crippen LogP) is 3.50. The molecule has 0 fully saturated rings. The first-order valence-corrected chi connectivity index (χ1v) is 10.9. The Balaban J connectivity index is 1.71. The van der Waals surface area contributed by atoms with Gasteiger partial charge < -0.3 is 10.1 Å². The molecule has 0 radical (unpaired) electrons. The molecular weight excluding hydrogens is 410 g/mol. The number of ether oxygens (including phenoxy) is 1. The molecule has 2 heterocycles. The van der Waals surface area contributed by atoms with Gasteiger partial charge in [0.2, 0.25) is 11.1 Å². The summed E-state index contributed by atoms with van der Waals surface area (Å²) < 4.78 is 6.73. The average molecular weight is 432 g/mol. The summed E-state index contributed by atoms with van der Waals surface area (Å²) in [5, 5.41) is 15.5. The number of nitrogens with one attached hydrogen (secondary N) is 1. The molecule has 0 aliphatic rings. The monoisotopic (exact) mass is 431 g/mol. The first kappa shape index (κ1) is 21.0. The number of anilines is 1. The van der Waals surface area contributed by atoms with E-state index in [0.717, 1.165) is 22.5 Å². The zero-order valence-corrected chi connectivity index (χ0v) is 18.0. The molecule has 3 aromatic rings. The number of carbonyl (C=O) groups excluding carboxylic acids is 2. The minimum Gasteiger partial charge on any atom is -0.462 e. The van der Waals surface area contributed by atoms with Crippen LogP contribution in [0.3, 0.4) is 0 Å². The first-order chi connectivity index (χ1) is 14.0. The maximum atomic E-state index is 12.5. The summed E-state index contributed by atoms with van der Waals surface area (Å²) in [5.41, 5.74) is 2.10. The molecule has 0 saturated carbocycles. The maximum Gasteiger partial charge on any atom is 0.341 e. The maximum absolute atomic E-state index is 12.5. The number of carbonyl (C=O) groups is 2. The Hall–Kier alpha value is -2.72. The smallest absolute Gasteiger partial charge is 0.341 e. The van der Waals surface area contributed by atoms with Gasteiger partial charge in [-0.1, -0.05) is 36.9 Å². The Labute approximate surface area is 176 Å². The topological polar surface area (TPSA) is 99.0 Å². The standard InChI is InChI=1S/C19H21N5O3S2/c1-4-14-12(3)16(18(26)27-5-2)17(29-14)20-15(25)11-28-19-21-22-23-24(19)13-9-7-6-8-10-13/h6-10H,4-5,11H2,1-3H3,(H,20,25). The summed E-state index contributed by atoms with van der Waals surface area (Å²) in [4.78, 5) is 25.9. The van der Waals surface area contributed by atoms with Crippen molar-refractivity contribution in [3.05, 3.63) is 46.3 Å². The number of rotatable bonds is 8. The highest BCUT2D eigenvalue weighted by Gasteiger charge is 2.23. The molecule has 0 bridgehead atoms. The predicted molar refractivity (Wildman–Crippen MR) is 113 cm³/mol. The number of tetrazole rings is 1. The zero-order chi connectivity index (χ0) is 20.8. The number of para-hydroxylation sites is 1. The van der Waals surface area contributed by atoms with Gasteiger partial charge in [0, 0.05) is 4.88 Å². The van der Waals surface area contributed by atoms with E-state index in [1.54, 1.807) is 11.6 Å². The van der Waals surface area contributed by atoms with Crippen LogP contribution in [0.5, 0.6) is 0 Å². The van der Waals surface area contributed by atoms with E-state index in [1.165, 1.54) is 23.1 Å². The van der Waals surface area contributed by atoms with E-state index in [0.29, 0.717) is 15.7 Å². The van der Waals surface area contributed by atoms with Crippen molar-refractivity contribution in [1.82, 2.24) is 20.2 Å². The van der Waals surface area contributed by atoms with Crippen LogP contribution in [0.1, 0.15) is 34.6 Å². The third kappa shape index (κ3) is 4.83. The van der Waals surface area contributed by atoms with Crippen molar-refractivity contribution >= 4 is 40.0 Å². The molecule has 1 amide bonds. The third-order valence-corrected chi connectivity index (χ3v) is 6.34. The van der Waals surface area contributed by atoms with Crippen molar-refractivity contribution in [2.75, 3.05) is 17.7 Å². The molecular formula is C19H21N5O3S2. The van der Waals surface area contributed by atoms with Gasteiger partial charge in [0.25, 0.3) is 0 Å². The van der Waals surface area contributed by atoms with E-state index in [1.807, 2.05) is 44.2 Å². The molecule has 1 N–H and O–H groups in total. The van der Waals surface area contributed by atoms with Crippen molar-refractivity contribution in [1.29, 1.82) is 0 Å². The summed E-state index contributed by atoms with van der Waals surface area (Å²) in [6.45, 7) is 5.92. The molecule has 152 valence electrons. The van der Waals surface area contributed by atoms with E-state index in [2.05, 4.69) is 20.8 Å². The fraction of sp³-hybridized carbons (Fsp3) is 0.316. The van der Waals surface area contributed by atoms with Gasteiger partial charge in [-0.25, -0.2) is 4.79 Å².